The van der Waals surface area contributed by atoms with Crippen molar-refractivity contribution in [2.75, 3.05) is 19.8 Å². The third kappa shape index (κ3) is 21.4. The number of amides is 1. The van der Waals surface area contributed by atoms with E-state index in [1.807, 2.05) is 13.8 Å². The minimum atomic E-state index is -4.21. The molecule has 0 aromatic rings. The first-order valence-corrected chi connectivity index (χ1v) is 14.3. The molecule has 1 unspecified atom stereocenters. The molecular weight excluding hydrogens is 429 g/mol. The SMILES string of the molecule is CCCCCCCCCCCCCCCC(=O)N[C@@H](COP(=O)(O)OCCO)CC(C)C. The zero-order valence-electron chi connectivity index (χ0n) is 20.9. The predicted molar refractivity (Wildman–Crippen MR) is 131 cm³/mol. The average molecular weight is 480 g/mol. The molecule has 0 aliphatic heterocycles. The summed E-state index contributed by atoms with van der Waals surface area (Å²) in [6, 6.07) is -0.345. The Labute approximate surface area is 196 Å². The number of phosphoric acid groups is 1. The molecule has 7 nitrogen and oxygen atoms in total. The highest BCUT2D eigenvalue weighted by Crippen LogP contribution is 2.43. The molecule has 0 rings (SSSR count). The molecule has 2 atom stereocenters. The van der Waals surface area contributed by atoms with E-state index < -0.39 is 7.82 Å². The van der Waals surface area contributed by atoms with E-state index in [9.17, 15) is 14.3 Å². The van der Waals surface area contributed by atoms with E-state index in [2.05, 4.69) is 16.8 Å². The lowest BCUT2D eigenvalue weighted by Gasteiger charge is -2.22. The van der Waals surface area contributed by atoms with Crippen LogP contribution in [0.25, 0.3) is 0 Å². The Morgan fingerprint density at radius 1 is 0.875 bits per heavy atom. The maximum absolute atomic E-state index is 12.3. The molecule has 0 radical (unpaired) electrons. The third-order valence-electron chi connectivity index (χ3n) is 5.41. The number of phosphoric ester groups is 1. The highest BCUT2D eigenvalue weighted by molar-refractivity contribution is 7.47. The van der Waals surface area contributed by atoms with Crippen molar-refractivity contribution in [2.45, 2.75) is 123 Å². The Bertz CT molecular complexity index is 489. The average Bonchev–Trinajstić information content (AvgIpc) is 2.73. The monoisotopic (exact) mass is 479 g/mol. The molecule has 0 aliphatic carbocycles. The Kier molecular flexibility index (Phi) is 20.8. The maximum atomic E-state index is 12.3. The number of rotatable bonds is 23. The van der Waals surface area contributed by atoms with Crippen LogP contribution in [0.4, 0.5) is 0 Å². The first-order chi connectivity index (χ1) is 15.3. The quantitative estimate of drug-likeness (QED) is 0.120. The molecule has 1 amide bonds. The molecule has 8 heteroatoms. The van der Waals surface area contributed by atoms with Crippen LogP contribution in [0, 0.1) is 5.92 Å². The lowest BCUT2D eigenvalue weighted by atomic mass is 10.0. The van der Waals surface area contributed by atoms with E-state index in [1.165, 1.54) is 64.2 Å². The fourth-order valence-electron chi connectivity index (χ4n) is 3.72. The number of hydrogen-bond donors (Lipinski definition) is 3. The molecule has 0 spiro atoms. The summed E-state index contributed by atoms with van der Waals surface area (Å²) in [6.07, 6.45) is 17.6. The number of hydrogen-bond acceptors (Lipinski definition) is 5. The van der Waals surface area contributed by atoms with Gasteiger partial charge in [0.1, 0.15) is 0 Å². The fraction of sp³-hybridized carbons (Fsp3) is 0.958. The summed E-state index contributed by atoms with van der Waals surface area (Å²) >= 11 is 0. The minimum absolute atomic E-state index is 0.0497. The van der Waals surface area contributed by atoms with E-state index >= 15 is 0 Å². The van der Waals surface area contributed by atoms with Crippen molar-refractivity contribution in [3.8, 4) is 0 Å². The second-order valence-electron chi connectivity index (χ2n) is 9.21. The number of aliphatic hydroxyl groups excluding tert-OH is 1. The van der Waals surface area contributed by atoms with Gasteiger partial charge in [-0.05, 0) is 18.8 Å². The van der Waals surface area contributed by atoms with Crippen LogP contribution >= 0.6 is 7.82 Å². The lowest BCUT2D eigenvalue weighted by Crippen LogP contribution is -2.39. The predicted octanol–water partition coefficient (Wildman–Crippen LogP) is 6.12. The topological polar surface area (TPSA) is 105 Å². The van der Waals surface area contributed by atoms with Gasteiger partial charge in [0, 0.05) is 6.42 Å². The highest BCUT2D eigenvalue weighted by atomic mass is 31.2. The van der Waals surface area contributed by atoms with Crippen LogP contribution in [0.3, 0.4) is 0 Å². The number of nitrogens with one attached hydrogen (secondary N) is 1. The van der Waals surface area contributed by atoms with Crippen LogP contribution in [-0.4, -0.2) is 41.8 Å². The number of carbonyl (C=O) groups is 1. The van der Waals surface area contributed by atoms with E-state index in [1.54, 1.807) is 0 Å². The molecule has 192 valence electrons. The zero-order chi connectivity index (χ0) is 24.1. The fourth-order valence-corrected chi connectivity index (χ4v) is 4.47. The maximum Gasteiger partial charge on any atom is 0.472 e. The Morgan fingerprint density at radius 2 is 1.38 bits per heavy atom. The first kappa shape index (κ1) is 31.5. The van der Waals surface area contributed by atoms with Crippen LogP contribution in [0.1, 0.15) is 117 Å². The second-order valence-corrected chi connectivity index (χ2v) is 10.7. The molecule has 0 aromatic carbocycles. The van der Waals surface area contributed by atoms with E-state index in [0.717, 1.165) is 19.3 Å². The summed E-state index contributed by atoms with van der Waals surface area (Å²) in [7, 11) is -4.21. The smallest absolute Gasteiger partial charge is 0.394 e. The number of aliphatic hydroxyl groups is 1. The van der Waals surface area contributed by atoms with Gasteiger partial charge >= 0.3 is 7.82 Å². The normalized spacial score (nSPS) is 14.4. The van der Waals surface area contributed by atoms with Crippen LogP contribution in [0.2, 0.25) is 0 Å². The van der Waals surface area contributed by atoms with Crippen molar-refractivity contribution in [3.63, 3.8) is 0 Å². The van der Waals surface area contributed by atoms with E-state index in [4.69, 9.17) is 9.63 Å². The molecule has 3 N–H and O–H groups in total. The van der Waals surface area contributed by atoms with E-state index in [0.29, 0.717) is 18.8 Å². The Hall–Kier alpha value is -0.460. The lowest BCUT2D eigenvalue weighted by molar-refractivity contribution is -0.122. The van der Waals surface area contributed by atoms with E-state index in [-0.39, 0.29) is 31.8 Å². The van der Waals surface area contributed by atoms with Gasteiger partial charge in [-0.3, -0.25) is 13.8 Å². The van der Waals surface area contributed by atoms with Gasteiger partial charge in [-0.15, -0.1) is 0 Å². The summed E-state index contributed by atoms with van der Waals surface area (Å²) in [4.78, 5) is 21.9. The van der Waals surface area contributed by atoms with Crippen molar-refractivity contribution in [2.24, 2.45) is 5.92 Å². The summed E-state index contributed by atoms with van der Waals surface area (Å²) in [5, 5.41) is 11.6. The van der Waals surface area contributed by atoms with Gasteiger partial charge in [-0.1, -0.05) is 97.8 Å². The molecule has 0 fully saturated rings. The van der Waals surface area contributed by atoms with Gasteiger partial charge in [0.2, 0.25) is 5.91 Å². The molecule has 0 aromatic heterocycles. The van der Waals surface area contributed by atoms with Crippen LogP contribution in [0.15, 0.2) is 0 Å². The Balaban J connectivity index is 3.85. The van der Waals surface area contributed by atoms with Crippen molar-refractivity contribution < 1.29 is 28.4 Å². The molecule has 32 heavy (non-hydrogen) atoms. The van der Waals surface area contributed by atoms with Crippen molar-refractivity contribution in [1.29, 1.82) is 0 Å². The van der Waals surface area contributed by atoms with Gasteiger partial charge in [0.15, 0.2) is 0 Å². The molecule has 0 aliphatic rings. The standard InChI is InChI=1S/C24H50NO6P/c1-4-5-6-7-8-9-10-11-12-13-14-15-16-17-24(27)25-23(20-22(2)3)21-31-32(28,29)30-19-18-26/h22-23,26H,4-21H2,1-3H3,(H,25,27)(H,28,29)/t23-/m1/s1. The van der Waals surface area contributed by atoms with Crippen LogP contribution < -0.4 is 5.32 Å². The van der Waals surface area contributed by atoms with Gasteiger partial charge in [0.25, 0.3) is 0 Å². The van der Waals surface area contributed by atoms with Gasteiger partial charge in [-0.2, -0.15) is 0 Å². The van der Waals surface area contributed by atoms with Crippen molar-refractivity contribution in [3.05, 3.63) is 0 Å². The van der Waals surface area contributed by atoms with Crippen molar-refractivity contribution in [1.82, 2.24) is 5.32 Å². The molecule has 0 bridgehead atoms. The molecule has 0 saturated heterocycles. The van der Waals surface area contributed by atoms with Crippen LogP contribution in [0.5, 0.6) is 0 Å². The molecular formula is C24H50NO6P. The summed E-state index contributed by atoms with van der Waals surface area (Å²) in [5.74, 6) is 0.253. The summed E-state index contributed by atoms with van der Waals surface area (Å²) in [6.45, 7) is 5.56. The first-order valence-electron chi connectivity index (χ1n) is 12.8. The number of unbranched alkanes of at least 4 members (excludes halogenated alkanes) is 12. The van der Waals surface area contributed by atoms with Crippen molar-refractivity contribution >= 4 is 13.7 Å². The molecule has 0 saturated carbocycles. The minimum Gasteiger partial charge on any atom is -0.394 e. The van der Waals surface area contributed by atoms with Crippen LogP contribution in [-0.2, 0) is 18.4 Å². The highest BCUT2D eigenvalue weighted by Gasteiger charge is 2.24. The Morgan fingerprint density at radius 3 is 1.84 bits per heavy atom. The summed E-state index contributed by atoms with van der Waals surface area (Å²) in [5.41, 5.74) is 0. The third-order valence-corrected chi connectivity index (χ3v) is 6.40. The van der Waals surface area contributed by atoms with Gasteiger partial charge in [0.05, 0.1) is 25.9 Å². The van der Waals surface area contributed by atoms with Gasteiger partial charge in [-0.25, -0.2) is 4.57 Å². The zero-order valence-corrected chi connectivity index (χ0v) is 21.8. The number of carbonyl (C=O) groups excluding carboxylic acids is 1. The van der Waals surface area contributed by atoms with Gasteiger partial charge < -0.3 is 15.3 Å². The second kappa shape index (κ2) is 21.1. The largest absolute Gasteiger partial charge is 0.472 e. The molecule has 0 heterocycles. The summed E-state index contributed by atoms with van der Waals surface area (Å²) < 4.78 is 21.3.